The summed E-state index contributed by atoms with van der Waals surface area (Å²) in [5.41, 5.74) is 0.912. The van der Waals surface area contributed by atoms with Gasteiger partial charge in [-0.2, -0.15) is 0 Å². The third-order valence-electron chi connectivity index (χ3n) is 2.52. The van der Waals surface area contributed by atoms with Gasteiger partial charge in [0, 0.05) is 36.8 Å². The molecule has 0 saturated carbocycles. The van der Waals surface area contributed by atoms with Gasteiger partial charge in [-0.15, -0.1) is 28.3 Å². The first-order valence-electron chi connectivity index (χ1n) is 4.63. The van der Waals surface area contributed by atoms with Gasteiger partial charge in [0.2, 0.25) is 0 Å². The van der Waals surface area contributed by atoms with Gasteiger partial charge in [0.25, 0.3) is 0 Å². The number of halogens is 2. The lowest BCUT2D eigenvalue weighted by Gasteiger charge is -2.26. The van der Waals surface area contributed by atoms with Gasteiger partial charge in [-0.25, -0.2) is 0 Å². The third-order valence-corrected chi connectivity index (χ3v) is 3.66. The minimum Gasteiger partial charge on any atom is -0.255 e. The van der Waals surface area contributed by atoms with E-state index in [0.29, 0.717) is 11.8 Å². The second-order valence-corrected chi connectivity index (χ2v) is 4.22. The molecule has 0 aliphatic rings. The molecule has 0 fully saturated rings. The number of hydrogen-bond acceptors (Lipinski definition) is 2. The average Bonchev–Trinajstić information content (AvgIpc) is 2.61. The van der Waals surface area contributed by atoms with Crippen LogP contribution in [-0.4, -0.2) is 26.8 Å². The Bertz CT molecular complexity index is 273. The van der Waals surface area contributed by atoms with Gasteiger partial charge in [0.1, 0.15) is 0 Å². The van der Waals surface area contributed by atoms with Gasteiger partial charge in [-0.05, 0) is 6.42 Å². The summed E-state index contributed by atoms with van der Waals surface area (Å²) in [6.45, 7) is 2.10. The van der Waals surface area contributed by atoms with Crippen LogP contribution in [-0.2, 0) is 13.5 Å². The molecular formula is C9H15Cl2N3. The standard InChI is InChI=1S/C9H15Cl2N3/c1-3-9(6-10,7-11)4-8-5-14(2)13-12-8/h5H,3-4,6-7H2,1-2H3. The van der Waals surface area contributed by atoms with Crippen molar-refractivity contribution in [3.63, 3.8) is 0 Å². The van der Waals surface area contributed by atoms with E-state index in [9.17, 15) is 0 Å². The van der Waals surface area contributed by atoms with Gasteiger partial charge >= 0.3 is 0 Å². The molecule has 1 aromatic heterocycles. The lowest BCUT2D eigenvalue weighted by Crippen LogP contribution is -2.27. The molecule has 3 nitrogen and oxygen atoms in total. The zero-order valence-electron chi connectivity index (χ0n) is 8.50. The lowest BCUT2D eigenvalue weighted by molar-refractivity contribution is 0.358. The fourth-order valence-corrected chi connectivity index (χ4v) is 2.16. The number of aromatic nitrogens is 3. The van der Waals surface area contributed by atoms with Crippen LogP contribution >= 0.6 is 23.2 Å². The summed E-state index contributed by atoms with van der Waals surface area (Å²) < 4.78 is 1.69. The molecule has 0 N–H and O–H groups in total. The molecule has 80 valence electrons. The van der Waals surface area contributed by atoms with Gasteiger partial charge in [-0.3, -0.25) is 4.68 Å². The van der Waals surface area contributed by atoms with Crippen LogP contribution < -0.4 is 0 Å². The van der Waals surface area contributed by atoms with Crippen LogP contribution in [0.2, 0.25) is 0 Å². The summed E-state index contributed by atoms with van der Waals surface area (Å²) in [5.74, 6) is 1.12. The molecular weight excluding hydrogens is 221 g/mol. The molecule has 0 spiro atoms. The van der Waals surface area contributed by atoms with E-state index in [2.05, 4.69) is 17.2 Å². The Labute approximate surface area is 94.4 Å². The van der Waals surface area contributed by atoms with E-state index in [1.54, 1.807) is 4.68 Å². The van der Waals surface area contributed by atoms with Crippen LogP contribution in [0.5, 0.6) is 0 Å². The predicted octanol–water partition coefficient (Wildman–Crippen LogP) is 2.23. The smallest absolute Gasteiger partial charge is 0.0833 e. The largest absolute Gasteiger partial charge is 0.255 e. The van der Waals surface area contributed by atoms with E-state index < -0.39 is 0 Å². The monoisotopic (exact) mass is 235 g/mol. The van der Waals surface area contributed by atoms with E-state index in [4.69, 9.17) is 23.2 Å². The highest BCUT2D eigenvalue weighted by Crippen LogP contribution is 2.29. The van der Waals surface area contributed by atoms with Crippen LogP contribution in [0, 0.1) is 5.41 Å². The van der Waals surface area contributed by atoms with Crippen LogP contribution in [0.4, 0.5) is 0 Å². The summed E-state index contributed by atoms with van der Waals surface area (Å²) in [7, 11) is 1.85. The average molecular weight is 236 g/mol. The maximum atomic E-state index is 5.94. The van der Waals surface area contributed by atoms with Crippen molar-refractivity contribution in [2.45, 2.75) is 19.8 Å². The Balaban J connectivity index is 2.73. The molecule has 1 aromatic rings. The maximum absolute atomic E-state index is 5.94. The molecule has 0 atom stereocenters. The van der Waals surface area contributed by atoms with Crippen molar-refractivity contribution in [3.8, 4) is 0 Å². The SMILES string of the molecule is CCC(CCl)(CCl)Cc1cn(C)nn1. The molecule has 0 radical (unpaired) electrons. The van der Waals surface area contributed by atoms with E-state index in [-0.39, 0.29) is 5.41 Å². The van der Waals surface area contributed by atoms with Gasteiger partial charge in [-0.1, -0.05) is 12.1 Å². The summed E-state index contributed by atoms with van der Waals surface area (Å²) in [4.78, 5) is 0. The Morgan fingerprint density at radius 1 is 1.43 bits per heavy atom. The molecule has 1 rings (SSSR count). The predicted molar refractivity (Wildman–Crippen MR) is 58.9 cm³/mol. The van der Waals surface area contributed by atoms with Crippen molar-refractivity contribution in [2.75, 3.05) is 11.8 Å². The van der Waals surface area contributed by atoms with Crippen molar-refractivity contribution in [3.05, 3.63) is 11.9 Å². The topological polar surface area (TPSA) is 30.7 Å². The Kier molecular flexibility index (Phi) is 4.20. The number of rotatable bonds is 5. The van der Waals surface area contributed by atoms with E-state index in [1.807, 2.05) is 13.2 Å². The van der Waals surface area contributed by atoms with Crippen molar-refractivity contribution < 1.29 is 0 Å². The first-order valence-corrected chi connectivity index (χ1v) is 5.70. The second kappa shape index (κ2) is 4.99. The first-order chi connectivity index (χ1) is 6.65. The fourth-order valence-electron chi connectivity index (χ4n) is 1.30. The van der Waals surface area contributed by atoms with E-state index in [0.717, 1.165) is 18.5 Å². The Hall–Kier alpha value is -0.280. The van der Waals surface area contributed by atoms with Crippen molar-refractivity contribution in [2.24, 2.45) is 12.5 Å². The van der Waals surface area contributed by atoms with Crippen LogP contribution in [0.15, 0.2) is 6.20 Å². The molecule has 0 aliphatic carbocycles. The maximum Gasteiger partial charge on any atom is 0.0833 e. The molecule has 0 saturated heterocycles. The van der Waals surface area contributed by atoms with E-state index in [1.165, 1.54) is 0 Å². The summed E-state index contributed by atoms with van der Waals surface area (Å²) >= 11 is 11.9. The Morgan fingerprint density at radius 3 is 2.43 bits per heavy atom. The third kappa shape index (κ3) is 2.61. The highest BCUT2D eigenvalue weighted by Gasteiger charge is 2.27. The van der Waals surface area contributed by atoms with Crippen molar-refractivity contribution >= 4 is 23.2 Å². The molecule has 0 unspecified atom stereocenters. The molecule has 0 bridgehead atoms. The zero-order valence-corrected chi connectivity index (χ0v) is 10.0. The molecule has 0 aromatic carbocycles. The highest BCUT2D eigenvalue weighted by atomic mass is 35.5. The molecule has 1 heterocycles. The van der Waals surface area contributed by atoms with Gasteiger partial charge in [0.05, 0.1) is 5.69 Å². The minimum atomic E-state index is -0.0425. The zero-order chi connectivity index (χ0) is 10.6. The first kappa shape index (κ1) is 11.8. The van der Waals surface area contributed by atoms with Crippen LogP contribution in [0.3, 0.4) is 0 Å². The van der Waals surface area contributed by atoms with Gasteiger partial charge < -0.3 is 0 Å². The minimum absolute atomic E-state index is 0.0425. The van der Waals surface area contributed by atoms with Crippen LogP contribution in [0.1, 0.15) is 19.0 Å². The number of alkyl halides is 2. The number of hydrogen-bond donors (Lipinski definition) is 0. The Morgan fingerprint density at radius 2 is 2.07 bits per heavy atom. The van der Waals surface area contributed by atoms with Crippen molar-refractivity contribution in [1.82, 2.24) is 15.0 Å². The summed E-state index contributed by atoms with van der Waals surface area (Å²) in [5, 5.41) is 7.92. The lowest BCUT2D eigenvalue weighted by atomic mass is 9.85. The van der Waals surface area contributed by atoms with E-state index >= 15 is 0 Å². The second-order valence-electron chi connectivity index (χ2n) is 3.68. The van der Waals surface area contributed by atoms with Crippen molar-refractivity contribution in [1.29, 1.82) is 0 Å². The quantitative estimate of drug-likeness (QED) is 0.734. The molecule has 0 aliphatic heterocycles. The summed E-state index contributed by atoms with van der Waals surface area (Å²) in [6.07, 6.45) is 3.66. The summed E-state index contributed by atoms with van der Waals surface area (Å²) in [6, 6.07) is 0. The normalized spacial score (nSPS) is 12.0. The highest BCUT2D eigenvalue weighted by molar-refractivity contribution is 6.21. The number of nitrogens with zero attached hydrogens (tertiary/aromatic N) is 3. The van der Waals surface area contributed by atoms with Gasteiger partial charge in [0.15, 0.2) is 0 Å². The van der Waals surface area contributed by atoms with Crippen LogP contribution in [0.25, 0.3) is 0 Å². The number of aryl methyl sites for hydroxylation is 1. The fraction of sp³-hybridized carbons (Fsp3) is 0.778. The molecule has 14 heavy (non-hydrogen) atoms. The molecule has 5 heteroatoms. The molecule has 0 amide bonds.